The third kappa shape index (κ3) is 3.80. The molecule has 1 aromatic carbocycles. The molecule has 1 aliphatic heterocycles. The molecule has 0 spiro atoms. The lowest BCUT2D eigenvalue weighted by molar-refractivity contribution is 0.0480. The predicted molar refractivity (Wildman–Crippen MR) is 88.1 cm³/mol. The van der Waals surface area contributed by atoms with Gasteiger partial charge >= 0.3 is 0 Å². The van der Waals surface area contributed by atoms with Crippen LogP contribution in [0.4, 0.5) is 0 Å². The zero-order chi connectivity index (χ0) is 14.7. The Morgan fingerprint density at radius 2 is 2.19 bits per heavy atom. The Kier molecular flexibility index (Phi) is 5.20. The van der Waals surface area contributed by atoms with Gasteiger partial charge < -0.3 is 4.74 Å². The first-order valence-corrected chi connectivity index (χ1v) is 8.73. The summed E-state index contributed by atoms with van der Waals surface area (Å²) in [4.78, 5) is 2.71. The van der Waals surface area contributed by atoms with Crippen LogP contribution >= 0.6 is 11.6 Å². The summed E-state index contributed by atoms with van der Waals surface area (Å²) in [5.41, 5.74) is 2.96. The van der Waals surface area contributed by atoms with Crippen LogP contribution in [0, 0.1) is 5.92 Å². The topological polar surface area (TPSA) is 12.5 Å². The first-order chi connectivity index (χ1) is 10.3. The number of ether oxygens (including phenoxy) is 1. The minimum Gasteiger partial charge on any atom is -0.381 e. The molecular weight excluding hydrogens is 282 g/mol. The number of fused-ring (bicyclic) bond motifs is 1. The van der Waals surface area contributed by atoms with Gasteiger partial charge in [-0.05, 0) is 74.8 Å². The van der Waals surface area contributed by atoms with Gasteiger partial charge in [0.25, 0.3) is 0 Å². The van der Waals surface area contributed by atoms with Crippen LogP contribution in [0.15, 0.2) is 18.2 Å². The molecule has 0 bridgehead atoms. The van der Waals surface area contributed by atoms with E-state index in [1.54, 1.807) is 0 Å². The van der Waals surface area contributed by atoms with Crippen LogP contribution in [0.2, 0.25) is 5.02 Å². The van der Waals surface area contributed by atoms with Gasteiger partial charge in [-0.2, -0.15) is 0 Å². The molecular formula is C18H26ClNO. The molecule has 1 heterocycles. The Hall–Kier alpha value is -0.570. The average molecular weight is 308 g/mol. The fourth-order valence-electron chi connectivity index (χ4n) is 3.87. The third-order valence-electron chi connectivity index (χ3n) is 5.00. The molecule has 2 nitrogen and oxygen atoms in total. The predicted octanol–water partition coefficient (Wildman–Crippen LogP) is 3.95. The van der Waals surface area contributed by atoms with E-state index >= 15 is 0 Å². The molecule has 2 aliphatic rings. The summed E-state index contributed by atoms with van der Waals surface area (Å²) in [6.07, 6.45) is 6.29. The van der Waals surface area contributed by atoms with Crippen molar-refractivity contribution in [1.82, 2.24) is 4.90 Å². The van der Waals surface area contributed by atoms with Crippen LogP contribution in [0.5, 0.6) is 0 Å². The van der Waals surface area contributed by atoms with Crippen molar-refractivity contribution in [2.45, 2.75) is 45.1 Å². The van der Waals surface area contributed by atoms with Crippen LogP contribution in [0.25, 0.3) is 0 Å². The second kappa shape index (κ2) is 7.13. The lowest BCUT2D eigenvalue weighted by Gasteiger charge is -2.40. The number of hydrogen-bond acceptors (Lipinski definition) is 2. The summed E-state index contributed by atoms with van der Waals surface area (Å²) in [5, 5.41) is 0.877. The van der Waals surface area contributed by atoms with E-state index in [1.807, 2.05) is 6.07 Å². The normalized spacial score (nSPS) is 26.6. The Balaban J connectivity index is 1.62. The van der Waals surface area contributed by atoms with Crippen molar-refractivity contribution in [3.8, 4) is 0 Å². The van der Waals surface area contributed by atoms with Gasteiger partial charge in [0.2, 0.25) is 0 Å². The van der Waals surface area contributed by atoms with E-state index in [-0.39, 0.29) is 0 Å². The average Bonchev–Trinajstić information content (AvgIpc) is 2.52. The second-order valence-electron chi connectivity index (χ2n) is 6.47. The van der Waals surface area contributed by atoms with Crippen molar-refractivity contribution in [1.29, 1.82) is 0 Å². The molecule has 2 unspecified atom stereocenters. The number of benzene rings is 1. The van der Waals surface area contributed by atoms with Gasteiger partial charge in [0, 0.05) is 24.2 Å². The zero-order valence-corrected chi connectivity index (χ0v) is 13.7. The van der Waals surface area contributed by atoms with E-state index in [1.165, 1.54) is 49.9 Å². The highest BCUT2D eigenvalue weighted by atomic mass is 35.5. The summed E-state index contributed by atoms with van der Waals surface area (Å²) < 4.78 is 5.64. The molecule has 21 heavy (non-hydrogen) atoms. The van der Waals surface area contributed by atoms with Crippen LogP contribution in [0.1, 0.15) is 37.3 Å². The third-order valence-corrected chi connectivity index (χ3v) is 5.23. The molecule has 1 aromatic rings. The Morgan fingerprint density at radius 3 is 3.05 bits per heavy atom. The van der Waals surface area contributed by atoms with Gasteiger partial charge in [0.15, 0.2) is 0 Å². The molecule has 3 rings (SSSR count). The highest BCUT2D eigenvalue weighted by Gasteiger charge is 2.28. The van der Waals surface area contributed by atoms with E-state index < -0.39 is 0 Å². The van der Waals surface area contributed by atoms with Crippen LogP contribution in [0.3, 0.4) is 0 Å². The maximum atomic E-state index is 6.16. The molecule has 116 valence electrons. The number of hydrogen-bond donors (Lipinski definition) is 0. The van der Waals surface area contributed by atoms with Gasteiger partial charge in [-0.1, -0.05) is 17.7 Å². The Labute approximate surface area is 133 Å². The minimum atomic E-state index is 0.695. The number of rotatable bonds is 4. The van der Waals surface area contributed by atoms with Crippen LogP contribution in [-0.2, 0) is 17.6 Å². The zero-order valence-electron chi connectivity index (χ0n) is 13.0. The summed E-state index contributed by atoms with van der Waals surface area (Å²) in [6, 6.07) is 7.10. The van der Waals surface area contributed by atoms with Crippen molar-refractivity contribution < 1.29 is 4.74 Å². The smallest absolute Gasteiger partial charge is 0.0506 e. The summed E-state index contributed by atoms with van der Waals surface area (Å²) in [5.74, 6) is 0.722. The minimum absolute atomic E-state index is 0.695. The SMILES string of the molecule is CCOCC1CCCN(C2CCc3ccc(Cl)cc3C2)C1. The van der Waals surface area contributed by atoms with Gasteiger partial charge in [-0.3, -0.25) is 4.90 Å². The van der Waals surface area contributed by atoms with Crippen LogP contribution in [-0.4, -0.2) is 37.2 Å². The fraction of sp³-hybridized carbons (Fsp3) is 0.667. The number of aryl methyl sites for hydroxylation is 1. The highest BCUT2D eigenvalue weighted by Crippen LogP contribution is 2.29. The number of nitrogens with zero attached hydrogens (tertiary/aromatic N) is 1. The summed E-state index contributed by atoms with van der Waals surface area (Å²) in [6.45, 7) is 6.32. The van der Waals surface area contributed by atoms with E-state index in [2.05, 4.69) is 24.0 Å². The molecule has 0 radical (unpaired) electrons. The molecule has 1 aliphatic carbocycles. The molecule has 1 fully saturated rings. The van der Waals surface area contributed by atoms with E-state index in [0.29, 0.717) is 6.04 Å². The maximum absolute atomic E-state index is 6.16. The van der Waals surface area contributed by atoms with Crippen molar-refractivity contribution in [2.75, 3.05) is 26.3 Å². The monoisotopic (exact) mass is 307 g/mol. The molecule has 0 aromatic heterocycles. The lowest BCUT2D eigenvalue weighted by Crippen LogP contribution is -2.46. The highest BCUT2D eigenvalue weighted by molar-refractivity contribution is 6.30. The fourth-order valence-corrected chi connectivity index (χ4v) is 4.06. The standard InChI is InChI=1S/C18H26ClNO/c1-2-21-13-14-4-3-9-20(12-14)18-8-6-15-5-7-17(19)10-16(15)11-18/h5,7,10,14,18H,2-4,6,8-9,11-13H2,1H3. The Morgan fingerprint density at radius 1 is 1.29 bits per heavy atom. The van der Waals surface area contributed by atoms with Crippen molar-refractivity contribution in [3.05, 3.63) is 34.3 Å². The van der Waals surface area contributed by atoms with Crippen molar-refractivity contribution >= 4 is 11.6 Å². The maximum Gasteiger partial charge on any atom is 0.0506 e. The molecule has 0 saturated carbocycles. The van der Waals surface area contributed by atoms with Gasteiger partial charge in [-0.25, -0.2) is 0 Å². The van der Waals surface area contributed by atoms with Gasteiger partial charge in [0.05, 0.1) is 6.61 Å². The van der Waals surface area contributed by atoms with Gasteiger partial charge in [-0.15, -0.1) is 0 Å². The largest absolute Gasteiger partial charge is 0.381 e. The van der Waals surface area contributed by atoms with E-state index in [4.69, 9.17) is 16.3 Å². The summed E-state index contributed by atoms with van der Waals surface area (Å²) in [7, 11) is 0. The molecule has 0 N–H and O–H groups in total. The molecule has 2 atom stereocenters. The Bertz CT molecular complexity index is 476. The van der Waals surface area contributed by atoms with E-state index in [9.17, 15) is 0 Å². The van der Waals surface area contributed by atoms with Crippen molar-refractivity contribution in [2.24, 2.45) is 5.92 Å². The quantitative estimate of drug-likeness (QED) is 0.835. The molecule has 1 saturated heterocycles. The molecule has 0 amide bonds. The van der Waals surface area contributed by atoms with Gasteiger partial charge in [0.1, 0.15) is 0 Å². The first kappa shape index (κ1) is 15.3. The van der Waals surface area contributed by atoms with Crippen LogP contribution < -0.4 is 0 Å². The lowest BCUT2D eigenvalue weighted by atomic mass is 9.86. The summed E-state index contributed by atoms with van der Waals surface area (Å²) >= 11 is 6.16. The number of likely N-dealkylation sites (tertiary alicyclic amines) is 1. The number of piperidine rings is 1. The number of halogens is 1. The second-order valence-corrected chi connectivity index (χ2v) is 6.91. The first-order valence-electron chi connectivity index (χ1n) is 8.35. The van der Waals surface area contributed by atoms with Crippen molar-refractivity contribution in [3.63, 3.8) is 0 Å². The van der Waals surface area contributed by atoms with E-state index in [0.717, 1.165) is 30.6 Å². The molecule has 3 heteroatoms.